The predicted octanol–water partition coefficient (Wildman–Crippen LogP) is 5.05. The molecule has 0 spiro atoms. The summed E-state index contributed by atoms with van der Waals surface area (Å²) in [5.74, 6) is 0. The second-order valence-electron chi connectivity index (χ2n) is 6.91. The minimum atomic E-state index is -4.53. The fraction of sp³-hybridized carbons (Fsp3) is 0.190. The minimum Gasteiger partial charge on any atom is -0.388 e. The number of anilines is 1. The summed E-state index contributed by atoms with van der Waals surface area (Å²) in [5, 5.41) is 11.1. The lowest BCUT2D eigenvalue weighted by Gasteiger charge is -2.28. The van der Waals surface area contributed by atoms with Crippen molar-refractivity contribution in [2.24, 2.45) is 0 Å². The van der Waals surface area contributed by atoms with Crippen LogP contribution in [0, 0.1) is 0 Å². The molecule has 3 heterocycles. The molecule has 2 amide bonds. The predicted molar refractivity (Wildman–Crippen MR) is 113 cm³/mol. The Bertz CT molecular complexity index is 1140. The Morgan fingerprint density at radius 1 is 1.13 bits per heavy atom. The van der Waals surface area contributed by atoms with Crippen molar-refractivity contribution >= 4 is 28.6 Å². The van der Waals surface area contributed by atoms with Crippen LogP contribution >= 0.6 is 11.3 Å². The molecule has 0 fully saturated rings. The normalized spacial score (nSPS) is 16.7. The number of amides is 2. The molecule has 10 heteroatoms. The Hall–Kier alpha value is -3.40. The van der Waals surface area contributed by atoms with Gasteiger partial charge in [-0.25, -0.2) is 9.78 Å². The SMILES string of the molecule is CNc1ccc(-c2csc(C3=C(C)NC(=O)NC3c3ccc(C(F)(F)F)nc3)n2)cc1. The molecule has 0 radical (unpaired) electrons. The van der Waals surface area contributed by atoms with Gasteiger partial charge in [-0.1, -0.05) is 18.2 Å². The zero-order valence-electron chi connectivity index (χ0n) is 16.5. The maximum atomic E-state index is 12.9. The summed E-state index contributed by atoms with van der Waals surface area (Å²) in [5.41, 5.74) is 3.40. The van der Waals surface area contributed by atoms with Crippen LogP contribution < -0.4 is 16.0 Å². The molecule has 2 aromatic heterocycles. The van der Waals surface area contributed by atoms with Gasteiger partial charge in [0.25, 0.3) is 0 Å². The molecule has 1 aliphatic heterocycles. The topological polar surface area (TPSA) is 78.9 Å². The summed E-state index contributed by atoms with van der Waals surface area (Å²) in [4.78, 5) is 20.3. The average molecular weight is 445 g/mol. The molecular formula is C21H18F3N5OS. The van der Waals surface area contributed by atoms with Gasteiger partial charge in [0, 0.05) is 41.1 Å². The van der Waals surface area contributed by atoms with Crippen LogP contribution in [0.1, 0.15) is 29.2 Å². The summed E-state index contributed by atoms with van der Waals surface area (Å²) in [6.07, 6.45) is -3.39. The first-order chi connectivity index (χ1) is 14.8. The number of carbonyl (C=O) groups excluding carboxylic acids is 1. The van der Waals surface area contributed by atoms with E-state index in [1.54, 1.807) is 6.92 Å². The first-order valence-electron chi connectivity index (χ1n) is 9.32. The van der Waals surface area contributed by atoms with Gasteiger partial charge >= 0.3 is 12.2 Å². The zero-order valence-corrected chi connectivity index (χ0v) is 17.4. The summed E-state index contributed by atoms with van der Waals surface area (Å²) in [7, 11) is 1.84. The summed E-state index contributed by atoms with van der Waals surface area (Å²) < 4.78 is 38.6. The molecular weight excluding hydrogens is 427 g/mol. The van der Waals surface area contributed by atoms with E-state index in [-0.39, 0.29) is 0 Å². The molecule has 4 rings (SSSR count). The first kappa shape index (κ1) is 20.9. The van der Waals surface area contributed by atoms with Crippen LogP contribution in [0.15, 0.2) is 53.7 Å². The van der Waals surface area contributed by atoms with Gasteiger partial charge in [0.1, 0.15) is 10.7 Å². The third kappa shape index (κ3) is 4.24. The number of allylic oxidation sites excluding steroid dienone is 1. The average Bonchev–Trinajstić information content (AvgIpc) is 3.22. The third-order valence-electron chi connectivity index (χ3n) is 4.88. The first-order valence-corrected chi connectivity index (χ1v) is 10.2. The Balaban J connectivity index is 1.70. The maximum Gasteiger partial charge on any atom is 0.433 e. The van der Waals surface area contributed by atoms with Crippen molar-refractivity contribution in [3.63, 3.8) is 0 Å². The highest BCUT2D eigenvalue weighted by molar-refractivity contribution is 7.11. The lowest BCUT2D eigenvalue weighted by molar-refractivity contribution is -0.141. The van der Waals surface area contributed by atoms with Gasteiger partial charge in [-0.3, -0.25) is 4.98 Å². The monoisotopic (exact) mass is 445 g/mol. The van der Waals surface area contributed by atoms with Crippen LogP contribution in [0.5, 0.6) is 0 Å². The maximum absolute atomic E-state index is 12.9. The Morgan fingerprint density at radius 2 is 1.87 bits per heavy atom. The van der Waals surface area contributed by atoms with Crippen LogP contribution in [0.2, 0.25) is 0 Å². The van der Waals surface area contributed by atoms with Gasteiger partial charge in [-0.2, -0.15) is 13.2 Å². The van der Waals surface area contributed by atoms with Gasteiger partial charge in [0.2, 0.25) is 0 Å². The standard InChI is InChI=1S/C21H18F3N5OS/c1-11-17(19-28-15(10-31-19)12-3-6-14(25-2)7-4-12)18(29-20(30)27-11)13-5-8-16(26-9-13)21(22,23)24/h3-10,18,25H,1-2H3,(H2,27,29,30). The van der Waals surface area contributed by atoms with Crippen LogP contribution in [-0.2, 0) is 6.18 Å². The number of nitrogens with one attached hydrogen (secondary N) is 3. The van der Waals surface area contributed by atoms with Crippen LogP contribution in [0.3, 0.4) is 0 Å². The summed E-state index contributed by atoms with van der Waals surface area (Å²) in [6, 6.07) is 8.90. The Morgan fingerprint density at radius 3 is 2.48 bits per heavy atom. The second-order valence-corrected chi connectivity index (χ2v) is 7.77. The summed E-state index contributed by atoms with van der Waals surface area (Å²) in [6.45, 7) is 1.74. The number of benzene rings is 1. The molecule has 1 unspecified atom stereocenters. The molecule has 1 aromatic carbocycles. The summed E-state index contributed by atoms with van der Waals surface area (Å²) >= 11 is 1.40. The highest BCUT2D eigenvalue weighted by Crippen LogP contribution is 2.38. The molecule has 31 heavy (non-hydrogen) atoms. The van der Waals surface area contributed by atoms with E-state index in [0.717, 1.165) is 29.2 Å². The van der Waals surface area contributed by atoms with E-state index >= 15 is 0 Å². The molecule has 3 aromatic rings. The lowest BCUT2D eigenvalue weighted by atomic mass is 9.97. The van der Waals surface area contributed by atoms with E-state index in [9.17, 15) is 18.0 Å². The van der Waals surface area contributed by atoms with Gasteiger partial charge in [-0.15, -0.1) is 11.3 Å². The van der Waals surface area contributed by atoms with Crippen molar-refractivity contribution in [2.75, 3.05) is 12.4 Å². The van der Waals surface area contributed by atoms with Gasteiger partial charge in [-0.05, 0) is 30.7 Å². The minimum absolute atomic E-state index is 0.437. The van der Waals surface area contributed by atoms with Crippen molar-refractivity contribution in [1.82, 2.24) is 20.6 Å². The second kappa shape index (κ2) is 8.03. The molecule has 3 N–H and O–H groups in total. The Labute approximate surface area is 180 Å². The van der Waals surface area contributed by atoms with Crippen LogP contribution in [0.25, 0.3) is 16.8 Å². The zero-order chi connectivity index (χ0) is 22.2. The van der Waals surface area contributed by atoms with Gasteiger partial charge in [0.15, 0.2) is 0 Å². The van der Waals surface area contributed by atoms with Crippen molar-refractivity contribution < 1.29 is 18.0 Å². The molecule has 0 saturated carbocycles. The largest absolute Gasteiger partial charge is 0.433 e. The van der Waals surface area contributed by atoms with E-state index in [1.807, 2.05) is 36.7 Å². The number of nitrogens with zero attached hydrogens (tertiary/aromatic N) is 2. The van der Waals surface area contributed by atoms with E-state index < -0.39 is 23.9 Å². The molecule has 6 nitrogen and oxygen atoms in total. The molecule has 0 saturated heterocycles. The van der Waals surface area contributed by atoms with Gasteiger partial charge in [0.05, 0.1) is 11.7 Å². The highest BCUT2D eigenvalue weighted by Gasteiger charge is 2.34. The quantitative estimate of drug-likeness (QED) is 0.525. The molecule has 1 atom stereocenters. The number of thiazole rings is 1. The number of halogens is 3. The fourth-order valence-electron chi connectivity index (χ4n) is 3.31. The van der Waals surface area contributed by atoms with Crippen LogP contribution in [0.4, 0.5) is 23.7 Å². The lowest BCUT2D eigenvalue weighted by Crippen LogP contribution is -2.42. The number of rotatable bonds is 4. The van der Waals surface area contributed by atoms with Crippen molar-refractivity contribution in [3.05, 3.63) is 69.9 Å². The van der Waals surface area contributed by atoms with Crippen molar-refractivity contribution in [1.29, 1.82) is 0 Å². The smallest absolute Gasteiger partial charge is 0.388 e. The van der Waals surface area contributed by atoms with E-state index in [1.165, 1.54) is 17.4 Å². The number of hydrogen-bond donors (Lipinski definition) is 3. The molecule has 160 valence electrons. The number of urea groups is 1. The number of hydrogen-bond acceptors (Lipinski definition) is 5. The van der Waals surface area contributed by atoms with E-state index in [0.29, 0.717) is 21.8 Å². The number of alkyl halides is 3. The molecule has 1 aliphatic rings. The van der Waals surface area contributed by atoms with E-state index in [2.05, 4.69) is 20.9 Å². The number of carbonyl (C=O) groups is 1. The number of aromatic nitrogens is 2. The van der Waals surface area contributed by atoms with Crippen molar-refractivity contribution in [3.8, 4) is 11.3 Å². The fourth-order valence-corrected chi connectivity index (χ4v) is 4.27. The van der Waals surface area contributed by atoms with E-state index in [4.69, 9.17) is 4.98 Å². The third-order valence-corrected chi connectivity index (χ3v) is 5.76. The van der Waals surface area contributed by atoms with Crippen LogP contribution in [-0.4, -0.2) is 23.0 Å². The Kier molecular flexibility index (Phi) is 5.40. The highest BCUT2D eigenvalue weighted by atomic mass is 32.1. The molecule has 0 bridgehead atoms. The van der Waals surface area contributed by atoms with Gasteiger partial charge < -0.3 is 16.0 Å². The van der Waals surface area contributed by atoms with Crippen molar-refractivity contribution in [2.45, 2.75) is 19.1 Å². The number of pyridine rings is 1. The molecule has 0 aliphatic carbocycles.